The molecule has 2 rings (SSSR count). The van der Waals surface area contributed by atoms with Crippen molar-refractivity contribution in [3.8, 4) is 0 Å². The van der Waals surface area contributed by atoms with Crippen molar-refractivity contribution in [2.75, 3.05) is 27.2 Å². The van der Waals surface area contributed by atoms with E-state index >= 15 is 0 Å². The number of amides is 1. The lowest BCUT2D eigenvalue weighted by Crippen LogP contribution is -2.53. The Hall–Kier alpha value is -0.610. The molecule has 4 nitrogen and oxygen atoms in total. The van der Waals surface area contributed by atoms with Gasteiger partial charge in [-0.15, -0.1) is 0 Å². The van der Waals surface area contributed by atoms with Gasteiger partial charge in [-0.1, -0.05) is 13.3 Å². The molecule has 1 aliphatic heterocycles. The number of nitrogens with zero attached hydrogens (tertiary/aromatic N) is 2. The fourth-order valence-electron chi connectivity index (χ4n) is 3.75. The zero-order valence-corrected chi connectivity index (χ0v) is 12.6. The van der Waals surface area contributed by atoms with E-state index in [1.165, 1.54) is 12.8 Å². The molecule has 4 unspecified atom stereocenters. The molecule has 2 N–H and O–H groups in total. The van der Waals surface area contributed by atoms with Gasteiger partial charge in [0.2, 0.25) is 5.91 Å². The van der Waals surface area contributed by atoms with Gasteiger partial charge in [0.25, 0.3) is 0 Å². The Morgan fingerprint density at radius 3 is 2.63 bits per heavy atom. The molecule has 4 heteroatoms. The summed E-state index contributed by atoms with van der Waals surface area (Å²) >= 11 is 0. The Morgan fingerprint density at radius 1 is 1.26 bits per heavy atom. The van der Waals surface area contributed by atoms with E-state index < -0.39 is 0 Å². The number of likely N-dealkylation sites (N-methyl/N-ethyl adjacent to an activating group) is 2. The van der Waals surface area contributed by atoms with Crippen LogP contribution >= 0.6 is 0 Å². The number of carbonyl (C=O) groups is 1. The van der Waals surface area contributed by atoms with Gasteiger partial charge in [0.1, 0.15) is 0 Å². The van der Waals surface area contributed by atoms with Gasteiger partial charge in [0.05, 0.1) is 5.92 Å². The highest BCUT2D eigenvalue weighted by molar-refractivity contribution is 5.80. The minimum absolute atomic E-state index is 0.0333. The molecule has 1 heterocycles. The highest BCUT2D eigenvalue weighted by Gasteiger charge is 2.37. The Balaban J connectivity index is 2.01. The Bertz CT molecular complexity index is 311. The largest absolute Gasteiger partial charge is 0.341 e. The van der Waals surface area contributed by atoms with Gasteiger partial charge in [-0.2, -0.15) is 0 Å². The molecule has 2 fully saturated rings. The van der Waals surface area contributed by atoms with Crippen LogP contribution in [0, 0.1) is 11.8 Å². The van der Waals surface area contributed by atoms with Crippen molar-refractivity contribution in [2.24, 2.45) is 17.6 Å². The summed E-state index contributed by atoms with van der Waals surface area (Å²) in [6, 6.07) is 0.424. The predicted octanol–water partition coefficient (Wildman–Crippen LogP) is 1.30. The monoisotopic (exact) mass is 267 g/mol. The Morgan fingerprint density at radius 2 is 2.00 bits per heavy atom. The molecular weight excluding hydrogens is 238 g/mol. The van der Waals surface area contributed by atoms with Gasteiger partial charge in [-0.25, -0.2) is 0 Å². The summed E-state index contributed by atoms with van der Waals surface area (Å²) in [7, 11) is 4.11. The van der Waals surface area contributed by atoms with Crippen LogP contribution in [0.5, 0.6) is 0 Å². The summed E-state index contributed by atoms with van der Waals surface area (Å²) in [6.07, 6.45) is 5.62. The summed E-state index contributed by atoms with van der Waals surface area (Å²) in [5, 5.41) is 0. The fourth-order valence-corrected chi connectivity index (χ4v) is 3.75. The molecule has 19 heavy (non-hydrogen) atoms. The van der Waals surface area contributed by atoms with Crippen molar-refractivity contribution in [3.63, 3.8) is 0 Å². The van der Waals surface area contributed by atoms with E-state index in [0.717, 1.165) is 32.4 Å². The number of rotatable bonds is 2. The second-order valence-electron chi connectivity index (χ2n) is 6.61. The van der Waals surface area contributed by atoms with Crippen molar-refractivity contribution in [3.05, 3.63) is 0 Å². The van der Waals surface area contributed by atoms with Crippen molar-refractivity contribution in [1.29, 1.82) is 0 Å². The SMILES string of the molecule is CC1CCCC(N)C1C(=O)N(C)C1CCCN(C)C1. The summed E-state index contributed by atoms with van der Waals surface area (Å²) in [4.78, 5) is 17.1. The summed E-state index contributed by atoms with van der Waals surface area (Å²) in [5.74, 6) is 0.742. The first kappa shape index (κ1) is 14.8. The quantitative estimate of drug-likeness (QED) is 0.820. The number of nitrogens with two attached hydrogens (primary N) is 1. The first-order valence-electron chi connectivity index (χ1n) is 7.71. The molecule has 4 atom stereocenters. The molecule has 1 saturated carbocycles. The van der Waals surface area contributed by atoms with E-state index in [0.29, 0.717) is 12.0 Å². The second kappa shape index (κ2) is 6.23. The van der Waals surface area contributed by atoms with Crippen LogP contribution in [-0.4, -0.2) is 55.0 Å². The molecule has 0 aromatic rings. The highest BCUT2D eigenvalue weighted by atomic mass is 16.2. The molecular formula is C15H29N3O. The maximum Gasteiger partial charge on any atom is 0.227 e. The fraction of sp³-hybridized carbons (Fsp3) is 0.933. The zero-order chi connectivity index (χ0) is 14.0. The molecule has 110 valence electrons. The van der Waals surface area contributed by atoms with Crippen molar-refractivity contribution in [2.45, 2.75) is 51.1 Å². The summed E-state index contributed by atoms with van der Waals surface area (Å²) in [6.45, 7) is 4.33. The second-order valence-corrected chi connectivity index (χ2v) is 6.61. The van der Waals surface area contributed by atoms with Gasteiger partial charge >= 0.3 is 0 Å². The first-order chi connectivity index (χ1) is 9.00. The third-order valence-corrected chi connectivity index (χ3v) is 5.05. The first-order valence-corrected chi connectivity index (χ1v) is 7.71. The van der Waals surface area contributed by atoms with Crippen molar-refractivity contribution >= 4 is 5.91 Å². The van der Waals surface area contributed by atoms with Crippen molar-refractivity contribution in [1.82, 2.24) is 9.80 Å². The normalized spacial score (nSPS) is 37.1. The van der Waals surface area contributed by atoms with Crippen LogP contribution in [0.2, 0.25) is 0 Å². The number of hydrogen-bond acceptors (Lipinski definition) is 3. The van der Waals surface area contributed by atoms with Gasteiger partial charge in [0, 0.05) is 25.7 Å². The van der Waals surface area contributed by atoms with Gasteiger partial charge < -0.3 is 15.5 Å². The lowest BCUT2D eigenvalue weighted by molar-refractivity contribution is -0.140. The summed E-state index contributed by atoms with van der Waals surface area (Å²) in [5.41, 5.74) is 6.21. The molecule has 1 saturated heterocycles. The standard InChI is InChI=1S/C15H29N3O/c1-11-6-4-8-13(16)14(11)15(19)18(3)12-7-5-9-17(2)10-12/h11-14H,4-10,16H2,1-3H3. The lowest BCUT2D eigenvalue weighted by atomic mass is 9.76. The van der Waals surface area contributed by atoms with Gasteiger partial charge in [0.15, 0.2) is 0 Å². The highest BCUT2D eigenvalue weighted by Crippen LogP contribution is 2.31. The third-order valence-electron chi connectivity index (χ3n) is 5.05. The maximum absolute atomic E-state index is 12.8. The predicted molar refractivity (Wildman–Crippen MR) is 77.8 cm³/mol. The molecule has 0 bridgehead atoms. The topological polar surface area (TPSA) is 49.6 Å². The van der Waals surface area contributed by atoms with E-state index in [9.17, 15) is 4.79 Å². The number of carbonyl (C=O) groups excluding carboxylic acids is 1. The van der Waals surface area contributed by atoms with Crippen LogP contribution < -0.4 is 5.73 Å². The van der Waals surface area contributed by atoms with E-state index in [2.05, 4.69) is 18.9 Å². The van der Waals surface area contributed by atoms with E-state index in [1.54, 1.807) is 0 Å². The van der Waals surface area contributed by atoms with Gasteiger partial charge in [-0.3, -0.25) is 4.79 Å². The molecule has 1 aliphatic carbocycles. The van der Waals surface area contributed by atoms with Crippen LogP contribution in [-0.2, 0) is 4.79 Å². The number of hydrogen-bond donors (Lipinski definition) is 1. The van der Waals surface area contributed by atoms with Crippen LogP contribution in [0.1, 0.15) is 39.0 Å². The van der Waals surface area contributed by atoms with Crippen molar-refractivity contribution < 1.29 is 4.79 Å². The molecule has 0 aromatic heterocycles. The average molecular weight is 267 g/mol. The van der Waals surface area contributed by atoms with Gasteiger partial charge in [-0.05, 0) is 45.2 Å². The third kappa shape index (κ3) is 3.29. The molecule has 2 aliphatic rings. The van der Waals surface area contributed by atoms with Crippen LogP contribution in [0.3, 0.4) is 0 Å². The Labute approximate surface area is 117 Å². The summed E-state index contributed by atoms with van der Waals surface area (Å²) < 4.78 is 0. The minimum atomic E-state index is 0.0333. The lowest BCUT2D eigenvalue weighted by Gasteiger charge is -2.41. The maximum atomic E-state index is 12.8. The number of likely N-dealkylation sites (tertiary alicyclic amines) is 1. The van der Waals surface area contributed by atoms with E-state index in [4.69, 9.17) is 5.73 Å². The molecule has 0 spiro atoms. The molecule has 0 aromatic carbocycles. The van der Waals surface area contributed by atoms with Crippen LogP contribution in [0.4, 0.5) is 0 Å². The molecule has 0 radical (unpaired) electrons. The Kier molecular flexibility index (Phi) is 4.85. The molecule has 1 amide bonds. The van der Waals surface area contributed by atoms with E-state index in [-0.39, 0.29) is 17.9 Å². The van der Waals surface area contributed by atoms with Crippen LogP contribution in [0.25, 0.3) is 0 Å². The van der Waals surface area contributed by atoms with E-state index in [1.807, 2.05) is 11.9 Å². The van der Waals surface area contributed by atoms with Crippen LogP contribution in [0.15, 0.2) is 0 Å². The minimum Gasteiger partial charge on any atom is -0.341 e. The zero-order valence-electron chi connectivity index (χ0n) is 12.6. The number of piperidine rings is 1. The average Bonchev–Trinajstić information content (AvgIpc) is 2.37. The smallest absolute Gasteiger partial charge is 0.227 e.